The van der Waals surface area contributed by atoms with Gasteiger partial charge in [0.05, 0.1) is 23.9 Å². The number of hydrogen-bond donors (Lipinski definition) is 5. The molecule has 0 radical (unpaired) electrons. The average molecular weight is 572 g/mol. The fourth-order valence-corrected chi connectivity index (χ4v) is 3.92. The number of aromatic amines is 1. The molecule has 0 aliphatic heterocycles. The average Bonchev–Trinajstić information content (AvgIpc) is 3.30. The number of amides is 3. The molecule has 39 heavy (non-hydrogen) atoms. The molecule has 0 unspecified atom stereocenters. The third-order valence-corrected chi connectivity index (χ3v) is 5.83. The number of halogens is 2. The Morgan fingerprint density at radius 1 is 1.23 bits per heavy atom. The van der Waals surface area contributed by atoms with Gasteiger partial charge < -0.3 is 26.1 Å². The van der Waals surface area contributed by atoms with Crippen LogP contribution in [0.2, 0.25) is 10.2 Å². The standard InChI is InChI=1S/C26H27Cl2N7O4/c1-3-4-5-6-19(33-21(37)10-7-15-11-16(27)13-30-24(15)29)25-34-22(23(28)35-25)18-9-8-17(32-26(38)39-2)12-20(18)31-14-36/h4-5,7-14,19H,3,6H2,1-2H3,(H2,29,30)(H,31,36)(H,32,38)(H,33,37)(H,34,35)/b5-4+,10-7+/t19-/m0/s1. The van der Waals surface area contributed by atoms with Crippen LogP contribution in [-0.4, -0.2) is 40.5 Å². The van der Waals surface area contributed by atoms with Gasteiger partial charge in [-0.05, 0) is 43.2 Å². The third-order valence-electron chi connectivity index (χ3n) is 5.35. The van der Waals surface area contributed by atoms with E-state index in [1.807, 2.05) is 19.1 Å². The van der Waals surface area contributed by atoms with Crippen LogP contribution in [0.25, 0.3) is 17.3 Å². The van der Waals surface area contributed by atoms with Gasteiger partial charge in [0.15, 0.2) is 0 Å². The smallest absolute Gasteiger partial charge is 0.411 e. The summed E-state index contributed by atoms with van der Waals surface area (Å²) in [5.74, 6) is 0.232. The number of nitrogens with two attached hydrogens (primary N) is 1. The number of ether oxygens (including phenoxy) is 1. The van der Waals surface area contributed by atoms with Gasteiger partial charge in [-0.15, -0.1) is 0 Å². The number of benzene rings is 1. The summed E-state index contributed by atoms with van der Waals surface area (Å²) in [6.45, 7) is 2.00. The van der Waals surface area contributed by atoms with Crippen LogP contribution in [0.3, 0.4) is 0 Å². The molecule has 11 nitrogen and oxygen atoms in total. The van der Waals surface area contributed by atoms with E-state index in [0.29, 0.717) is 51.9 Å². The topological polar surface area (TPSA) is 164 Å². The molecule has 2 heterocycles. The van der Waals surface area contributed by atoms with Crippen molar-refractivity contribution in [1.29, 1.82) is 0 Å². The summed E-state index contributed by atoms with van der Waals surface area (Å²) in [7, 11) is 1.24. The summed E-state index contributed by atoms with van der Waals surface area (Å²) in [6, 6.07) is 5.83. The number of hydrogen-bond acceptors (Lipinski definition) is 7. The number of carbonyl (C=O) groups excluding carboxylic acids is 3. The molecule has 0 fully saturated rings. The first-order chi connectivity index (χ1) is 18.7. The molecule has 3 aromatic rings. The van der Waals surface area contributed by atoms with Crippen molar-refractivity contribution >= 4 is 64.9 Å². The number of anilines is 3. The van der Waals surface area contributed by atoms with E-state index in [9.17, 15) is 14.4 Å². The first kappa shape index (κ1) is 29.2. The first-order valence-corrected chi connectivity index (χ1v) is 12.5. The van der Waals surface area contributed by atoms with Crippen LogP contribution in [-0.2, 0) is 14.3 Å². The predicted octanol–water partition coefficient (Wildman–Crippen LogP) is 5.33. The summed E-state index contributed by atoms with van der Waals surface area (Å²) in [4.78, 5) is 47.2. The lowest BCUT2D eigenvalue weighted by atomic mass is 10.1. The molecule has 0 saturated heterocycles. The quantitative estimate of drug-likeness (QED) is 0.118. The number of allylic oxidation sites excluding steroid dienone is 1. The molecule has 0 spiro atoms. The minimum absolute atomic E-state index is 0.194. The molecule has 2 aromatic heterocycles. The van der Waals surface area contributed by atoms with Crippen molar-refractivity contribution in [2.45, 2.75) is 25.8 Å². The maximum absolute atomic E-state index is 12.8. The maximum Gasteiger partial charge on any atom is 0.411 e. The van der Waals surface area contributed by atoms with Crippen LogP contribution in [0.4, 0.5) is 22.0 Å². The molecule has 3 rings (SSSR count). The lowest BCUT2D eigenvalue weighted by molar-refractivity contribution is -0.117. The molecular formula is C26H27Cl2N7O4. The highest BCUT2D eigenvalue weighted by molar-refractivity contribution is 6.32. The second-order valence-electron chi connectivity index (χ2n) is 8.06. The highest BCUT2D eigenvalue weighted by Gasteiger charge is 2.21. The largest absolute Gasteiger partial charge is 0.453 e. The predicted molar refractivity (Wildman–Crippen MR) is 152 cm³/mol. The molecule has 1 aromatic carbocycles. The van der Waals surface area contributed by atoms with Gasteiger partial charge in [-0.1, -0.05) is 42.3 Å². The van der Waals surface area contributed by atoms with Crippen LogP contribution in [0.1, 0.15) is 37.2 Å². The van der Waals surface area contributed by atoms with Crippen molar-refractivity contribution in [3.05, 3.63) is 70.3 Å². The van der Waals surface area contributed by atoms with Gasteiger partial charge >= 0.3 is 6.09 Å². The number of methoxy groups -OCH3 is 1. The summed E-state index contributed by atoms with van der Waals surface area (Å²) < 4.78 is 4.60. The van der Waals surface area contributed by atoms with Gasteiger partial charge in [-0.25, -0.2) is 14.8 Å². The Kier molecular flexibility index (Phi) is 10.5. The number of H-pyrrole nitrogens is 1. The number of aromatic nitrogens is 3. The lowest BCUT2D eigenvalue weighted by Crippen LogP contribution is -2.27. The van der Waals surface area contributed by atoms with E-state index in [4.69, 9.17) is 28.9 Å². The first-order valence-electron chi connectivity index (χ1n) is 11.7. The fraction of sp³-hybridized carbons (Fsp3) is 0.192. The van der Waals surface area contributed by atoms with Crippen LogP contribution in [0, 0.1) is 0 Å². The SMILES string of the molecule is CC/C=C/C[C@H](NC(=O)/C=C/c1cc(Cl)cnc1N)c1nc(-c2ccc(NC(=O)OC)cc2NC=O)c(Cl)[nH]1. The van der Waals surface area contributed by atoms with Gasteiger partial charge in [0.25, 0.3) is 0 Å². The summed E-state index contributed by atoms with van der Waals surface area (Å²) >= 11 is 12.5. The zero-order valence-corrected chi connectivity index (χ0v) is 22.6. The number of nitrogens with one attached hydrogen (secondary N) is 4. The van der Waals surface area contributed by atoms with Crippen molar-refractivity contribution in [2.75, 3.05) is 23.5 Å². The summed E-state index contributed by atoms with van der Waals surface area (Å²) in [6.07, 6.45) is 9.24. The van der Waals surface area contributed by atoms with Gasteiger partial charge in [-0.2, -0.15) is 0 Å². The molecule has 0 aliphatic carbocycles. The lowest BCUT2D eigenvalue weighted by Gasteiger charge is -2.14. The van der Waals surface area contributed by atoms with Crippen LogP contribution in [0.15, 0.2) is 48.7 Å². The molecule has 204 valence electrons. The Balaban J connectivity index is 1.90. The van der Waals surface area contributed by atoms with E-state index in [2.05, 4.69) is 35.6 Å². The Morgan fingerprint density at radius 2 is 2.03 bits per heavy atom. The van der Waals surface area contributed by atoms with Crippen molar-refractivity contribution < 1.29 is 19.1 Å². The minimum Gasteiger partial charge on any atom is -0.453 e. The fourth-order valence-electron chi connectivity index (χ4n) is 3.52. The van der Waals surface area contributed by atoms with Crippen LogP contribution < -0.4 is 21.7 Å². The zero-order valence-electron chi connectivity index (χ0n) is 21.1. The molecule has 0 saturated carbocycles. The molecule has 3 amide bonds. The molecule has 13 heteroatoms. The second-order valence-corrected chi connectivity index (χ2v) is 8.88. The Morgan fingerprint density at radius 3 is 2.74 bits per heavy atom. The molecule has 0 aliphatic rings. The van der Waals surface area contributed by atoms with Crippen molar-refractivity contribution in [2.24, 2.45) is 0 Å². The highest BCUT2D eigenvalue weighted by atomic mass is 35.5. The van der Waals surface area contributed by atoms with Gasteiger partial charge in [-0.3, -0.25) is 14.9 Å². The van der Waals surface area contributed by atoms with E-state index >= 15 is 0 Å². The number of imidazole rings is 1. The van der Waals surface area contributed by atoms with E-state index in [1.54, 1.807) is 18.2 Å². The number of carbonyl (C=O) groups is 3. The summed E-state index contributed by atoms with van der Waals surface area (Å²) in [5.41, 5.74) is 7.92. The number of pyridine rings is 1. The molecule has 1 atom stereocenters. The Hall–Kier alpha value is -4.35. The summed E-state index contributed by atoms with van der Waals surface area (Å²) in [5, 5.41) is 8.61. The monoisotopic (exact) mass is 571 g/mol. The normalized spacial score (nSPS) is 11.9. The number of nitrogens with zero attached hydrogens (tertiary/aromatic N) is 2. The van der Waals surface area contributed by atoms with E-state index in [0.717, 1.165) is 6.42 Å². The number of nitrogen functional groups attached to an aromatic ring is 1. The highest BCUT2D eigenvalue weighted by Crippen LogP contribution is 2.35. The Bertz CT molecular complexity index is 1400. The van der Waals surface area contributed by atoms with Crippen LogP contribution >= 0.6 is 23.2 Å². The third kappa shape index (κ3) is 8.06. The zero-order chi connectivity index (χ0) is 28.4. The number of rotatable bonds is 11. The van der Waals surface area contributed by atoms with Crippen LogP contribution in [0.5, 0.6) is 0 Å². The van der Waals surface area contributed by atoms with Gasteiger partial charge in [0, 0.05) is 29.1 Å². The van der Waals surface area contributed by atoms with Crippen molar-refractivity contribution in [1.82, 2.24) is 20.3 Å². The van der Waals surface area contributed by atoms with Gasteiger partial charge in [0.2, 0.25) is 12.3 Å². The molecule has 0 bridgehead atoms. The Labute approximate surface area is 234 Å². The maximum atomic E-state index is 12.8. The second kappa shape index (κ2) is 14.0. The van der Waals surface area contributed by atoms with Crippen molar-refractivity contribution in [3.63, 3.8) is 0 Å². The molecule has 6 N–H and O–H groups in total. The van der Waals surface area contributed by atoms with E-state index in [-0.39, 0.29) is 11.0 Å². The minimum atomic E-state index is -0.665. The van der Waals surface area contributed by atoms with Crippen molar-refractivity contribution in [3.8, 4) is 11.3 Å². The van der Waals surface area contributed by atoms with Gasteiger partial charge in [0.1, 0.15) is 22.5 Å². The van der Waals surface area contributed by atoms with E-state index in [1.165, 1.54) is 31.5 Å². The van der Waals surface area contributed by atoms with E-state index < -0.39 is 18.0 Å². The molecular weight excluding hydrogens is 545 g/mol.